The van der Waals surface area contributed by atoms with Crippen LogP contribution in [0.1, 0.15) is 50.5 Å². The first-order valence-corrected chi connectivity index (χ1v) is 10.1. The van der Waals surface area contributed by atoms with Crippen LogP contribution in [0, 0.1) is 5.41 Å². The van der Waals surface area contributed by atoms with E-state index in [1.165, 1.54) is 12.1 Å². The molecule has 1 saturated heterocycles. The predicted octanol–water partition coefficient (Wildman–Crippen LogP) is 3.67. The maximum atomic E-state index is 13.1. The standard InChI is InChI=1S/C23H27F2N3O3/c1-23(2,3)19(14-9-11-16(12-10-14)31-22(24)25)28-21(30)17-13-18(29)27-20(26-17)15-7-5-4-6-8-15/h4-12,17,19-20,22,26H,13H2,1-3H3,(H,27,29)(H,28,30)/t17?,19-,20?/m0/s1. The Kier molecular flexibility index (Phi) is 6.90. The Labute approximate surface area is 180 Å². The van der Waals surface area contributed by atoms with Gasteiger partial charge in [0, 0.05) is 0 Å². The molecule has 6 nitrogen and oxygen atoms in total. The van der Waals surface area contributed by atoms with Crippen molar-refractivity contribution >= 4 is 11.8 Å². The lowest BCUT2D eigenvalue weighted by atomic mass is 9.82. The molecule has 3 rings (SSSR count). The average molecular weight is 431 g/mol. The van der Waals surface area contributed by atoms with Crippen LogP contribution in [0.25, 0.3) is 0 Å². The molecule has 1 fully saturated rings. The van der Waals surface area contributed by atoms with Gasteiger partial charge in [0.1, 0.15) is 11.9 Å². The Balaban J connectivity index is 1.75. The molecule has 2 amide bonds. The molecule has 166 valence electrons. The van der Waals surface area contributed by atoms with Gasteiger partial charge in [-0.05, 0) is 28.7 Å². The number of amides is 2. The highest BCUT2D eigenvalue weighted by molar-refractivity contribution is 5.90. The summed E-state index contributed by atoms with van der Waals surface area (Å²) in [6, 6.07) is 14.5. The highest BCUT2D eigenvalue weighted by Crippen LogP contribution is 2.34. The Morgan fingerprint density at radius 3 is 2.32 bits per heavy atom. The van der Waals surface area contributed by atoms with Crippen molar-refractivity contribution in [3.8, 4) is 5.75 Å². The number of benzene rings is 2. The van der Waals surface area contributed by atoms with E-state index in [0.717, 1.165) is 11.1 Å². The maximum absolute atomic E-state index is 13.1. The number of alkyl halides is 2. The summed E-state index contributed by atoms with van der Waals surface area (Å²) in [5.74, 6) is -0.466. The molecule has 3 N–H and O–H groups in total. The van der Waals surface area contributed by atoms with E-state index in [1.54, 1.807) is 12.1 Å². The van der Waals surface area contributed by atoms with Crippen molar-refractivity contribution in [2.45, 2.75) is 52.1 Å². The van der Waals surface area contributed by atoms with Crippen LogP contribution in [0.3, 0.4) is 0 Å². The van der Waals surface area contributed by atoms with E-state index in [0.29, 0.717) is 0 Å². The summed E-state index contributed by atoms with van der Waals surface area (Å²) in [7, 11) is 0. The fourth-order valence-electron chi connectivity index (χ4n) is 3.58. The van der Waals surface area contributed by atoms with E-state index >= 15 is 0 Å². The Bertz CT molecular complexity index is 899. The number of carbonyl (C=O) groups is 2. The van der Waals surface area contributed by atoms with Crippen LogP contribution in [-0.2, 0) is 9.59 Å². The molecule has 8 heteroatoms. The Morgan fingerprint density at radius 1 is 1.10 bits per heavy atom. The molecule has 0 aliphatic carbocycles. The molecule has 3 atom stereocenters. The van der Waals surface area contributed by atoms with Gasteiger partial charge >= 0.3 is 6.61 Å². The average Bonchev–Trinajstić information content (AvgIpc) is 2.71. The number of rotatable bonds is 6. The number of carbonyl (C=O) groups excluding carboxylic acids is 2. The van der Waals surface area contributed by atoms with Gasteiger partial charge in [0.25, 0.3) is 0 Å². The minimum atomic E-state index is -2.90. The third kappa shape index (κ3) is 6.01. The van der Waals surface area contributed by atoms with Gasteiger partial charge in [0.2, 0.25) is 11.8 Å². The summed E-state index contributed by atoms with van der Waals surface area (Å²) >= 11 is 0. The quantitative estimate of drug-likeness (QED) is 0.652. The summed E-state index contributed by atoms with van der Waals surface area (Å²) < 4.78 is 29.2. The highest BCUT2D eigenvalue weighted by atomic mass is 19.3. The lowest BCUT2D eigenvalue weighted by Crippen LogP contribution is -2.57. The lowest BCUT2D eigenvalue weighted by molar-refractivity contribution is -0.132. The van der Waals surface area contributed by atoms with Gasteiger partial charge in [-0.3, -0.25) is 14.9 Å². The van der Waals surface area contributed by atoms with Crippen molar-refractivity contribution in [2.75, 3.05) is 0 Å². The molecule has 1 aliphatic rings. The first-order valence-electron chi connectivity index (χ1n) is 10.1. The normalized spacial score (nSPS) is 20.1. The zero-order valence-corrected chi connectivity index (χ0v) is 17.7. The molecule has 2 aromatic rings. The zero-order chi connectivity index (χ0) is 22.6. The number of ether oxygens (including phenoxy) is 1. The van der Waals surface area contributed by atoms with E-state index in [-0.39, 0.29) is 29.4 Å². The fourth-order valence-corrected chi connectivity index (χ4v) is 3.58. The maximum Gasteiger partial charge on any atom is 0.387 e. The summed E-state index contributed by atoms with van der Waals surface area (Å²) in [6.07, 6.45) is -0.440. The largest absolute Gasteiger partial charge is 0.435 e. The second-order valence-corrected chi connectivity index (χ2v) is 8.59. The van der Waals surface area contributed by atoms with Gasteiger partial charge in [-0.1, -0.05) is 63.2 Å². The van der Waals surface area contributed by atoms with Crippen LogP contribution in [0.4, 0.5) is 8.78 Å². The molecule has 31 heavy (non-hydrogen) atoms. The molecule has 2 aromatic carbocycles. The molecule has 0 bridgehead atoms. The monoisotopic (exact) mass is 431 g/mol. The number of hydrogen-bond acceptors (Lipinski definition) is 4. The SMILES string of the molecule is CC(C)(C)[C@@H](NC(=O)C1CC(=O)NC(c2ccccc2)N1)c1ccc(OC(F)F)cc1. The van der Waals surface area contributed by atoms with Crippen molar-refractivity contribution in [2.24, 2.45) is 5.41 Å². The Morgan fingerprint density at radius 2 is 1.74 bits per heavy atom. The van der Waals surface area contributed by atoms with Gasteiger partial charge in [0.05, 0.1) is 18.5 Å². The third-order valence-corrected chi connectivity index (χ3v) is 5.10. The molecule has 1 aliphatic heterocycles. The molecule has 0 aromatic heterocycles. The molecule has 0 saturated carbocycles. The minimum absolute atomic E-state index is 0.0210. The van der Waals surface area contributed by atoms with Crippen molar-refractivity contribution in [3.05, 3.63) is 65.7 Å². The number of nitrogens with one attached hydrogen (secondary N) is 3. The zero-order valence-electron chi connectivity index (χ0n) is 17.7. The molecular weight excluding hydrogens is 404 g/mol. The third-order valence-electron chi connectivity index (χ3n) is 5.10. The minimum Gasteiger partial charge on any atom is -0.435 e. The topological polar surface area (TPSA) is 79.5 Å². The summed E-state index contributed by atoms with van der Waals surface area (Å²) in [4.78, 5) is 25.3. The first-order chi connectivity index (χ1) is 14.6. The van der Waals surface area contributed by atoms with Crippen LogP contribution >= 0.6 is 0 Å². The van der Waals surface area contributed by atoms with Gasteiger partial charge in [0.15, 0.2) is 0 Å². The second-order valence-electron chi connectivity index (χ2n) is 8.59. The summed E-state index contributed by atoms with van der Waals surface area (Å²) in [5.41, 5.74) is 1.24. The summed E-state index contributed by atoms with van der Waals surface area (Å²) in [6.45, 7) is 3.00. The van der Waals surface area contributed by atoms with Gasteiger partial charge in [-0.15, -0.1) is 0 Å². The van der Waals surface area contributed by atoms with E-state index in [1.807, 2.05) is 51.1 Å². The van der Waals surface area contributed by atoms with Crippen LogP contribution in [0.2, 0.25) is 0 Å². The second kappa shape index (κ2) is 9.43. The smallest absolute Gasteiger partial charge is 0.387 e. The van der Waals surface area contributed by atoms with Crippen molar-refractivity contribution < 1.29 is 23.1 Å². The van der Waals surface area contributed by atoms with E-state index in [9.17, 15) is 18.4 Å². The molecule has 0 radical (unpaired) electrons. The molecule has 2 unspecified atom stereocenters. The van der Waals surface area contributed by atoms with E-state index in [2.05, 4.69) is 20.7 Å². The van der Waals surface area contributed by atoms with Gasteiger partial charge in [-0.2, -0.15) is 8.78 Å². The summed E-state index contributed by atoms with van der Waals surface area (Å²) in [5, 5.41) is 9.07. The first kappa shape index (κ1) is 22.7. The van der Waals surface area contributed by atoms with Crippen molar-refractivity contribution in [3.63, 3.8) is 0 Å². The fraction of sp³-hybridized carbons (Fsp3) is 0.391. The highest BCUT2D eigenvalue weighted by Gasteiger charge is 2.35. The van der Waals surface area contributed by atoms with E-state index < -0.39 is 24.9 Å². The van der Waals surface area contributed by atoms with Gasteiger partial charge in [-0.25, -0.2) is 0 Å². The van der Waals surface area contributed by atoms with E-state index in [4.69, 9.17) is 0 Å². The van der Waals surface area contributed by atoms with Crippen LogP contribution in [0.5, 0.6) is 5.75 Å². The van der Waals surface area contributed by atoms with Gasteiger partial charge < -0.3 is 15.4 Å². The van der Waals surface area contributed by atoms with Crippen molar-refractivity contribution in [1.29, 1.82) is 0 Å². The van der Waals surface area contributed by atoms with Crippen molar-refractivity contribution in [1.82, 2.24) is 16.0 Å². The Hall–Kier alpha value is -3.00. The molecule has 1 heterocycles. The van der Waals surface area contributed by atoms with Crippen LogP contribution < -0.4 is 20.7 Å². The number of halogens is 2. The lowest BCUT2D eigenvalue weighted by Gasteiger charge is -2.36. The van der Waals surface area contributed by atoms with Crippen LogP contribution in [-0.4, -0.2) is 24.5 Å². The van der Waals surface area contributed by atoms with Crippen LogP contribution in [0.15, 0.2) is 54.6 Å². The molecule has 0 spiro atoms. The predicted molar refractivity (Wildman–Crippen MR) is 112 cm³/mol. The molecular formula is C23H27F2N3O3. The number of hydrogen-bond donors (Lipinski definition) is 3.